The van der Waals surface area contributed by atoms with Crippen LogP contribution in [0.25, 0.3) is 0 Å². The average Bonchev–Trinajstić information content (AvgIpc) is 3.29. The SMILES string of the molecule is C#CC(C)O.CC(O)c1cc2c(n1C)C(=O)c1cccc(O)c1C2=O.CNC1=C(I)C(=O)c2c(O)cccc2C1=O. The lowest BCUT2D eigenvalue weighted by Crippen LogP contribution is -2.26. The molecule has 1 aromatic heterocycles. The highest BCUT2D eigenvalue weighted by atomic mass is 127. The molecule has 5 N–H and O–H groups in total. The van der Waals surface area contributed by atoms with E-state index < -0.39 is 18.0 Å². The Morgan fingerprint density at radius 2 is 1.34 bits per heavy atom. The van der Waals surface area contributed by atoms with E-state index in [9.17, 15) is 34.5 Å². The van der Waals surface area contributed by atoms with Gasteiger partial charge in [0, 0.05) is 30.9 Å². The summed E-state index contributed by atoms with van der Waals surface area (Å²) in [4.78, 5) is 48.9. The maximum atomic E-state index is 12.5. The molecule has 0 fully saturated rings. The van der Waals surface area contributed by atoms with Crippen molar-refractivity contribution in [3.05, 3.63) is 90.9 Å². The van der Waals surface area contributed by atoms with E-state index in [0.717, 1.165) is 0 Å². The number of fused-ring (bicyclic) bond motifs is 3. The van der Waals surface area contributed by atoms with E-state index in [1.165, 1.54) is 41.0 Å². The fourth-order valence-corrected chi connectivity index (χ4v) is 5.13. The standard InChI is InChI=1S/C15H13NO4.C11H8INO3.C4H6O/c1-7(17)10-6-9-13(16(10)2)15(20)8-4-3-5-11(18)12(8)14(9)19;1-13-9-8(12)11(16)7-5(10(9)15)3-2-4-6(7)14;1-3-4(2)5/h3-7,17-18H,1-2H3;2-4,13-14H,1H3;1,4-5H,2H3. The first-order chi connectivity index (χ1) is 19.3. The van der Waals surface area contributed by atoms with E-state index in [1.54, 1.807) is 34.0 Å². The Kier molecular flexibility index (Phi) is 9.54. The lowest BCUT2D eigenvalue weighted by molar-refractivity contribution is 0.0971. The van der Waals surface area contributed by atoms with Crippen LogP contribution in [0.2, 0.25) is 0 Å². The van der Waals surface area contributed by atoms with Crippen LogP contribution in [-0.2, 0) is 7.05 Å². The topological polar surface area (TPSA) is 166 Å². The van der Waals surface area contributed by atoms with Gasteiger partial charge in [0.2, 0.25) is 17.3 Å². The molecule has 2 aromatic carbocycles. The van der Waals surface area contributed by atoms with Gasteiger partial charge in [0.25, 0.3) is 0 Å². The number of halogens is 1. The molecule has 0 aliphatic heterocycles. The van der Waals surface area contributed by atoms with Gasteiger partial charge in [-0.15, -0.1) is 6.42 Å². The van der Waals surface area contributed by atoms with Crippen molar-refractivity contribution in [3.63, 3.8) is 0 Å². The third-order valence-electron chi connectivity index (χ3n) is 6.32. The number of benzene rings is 2. The fraction of sp³-hybridized carbons (Fsp3) is 0.200. The zero-order chi connectivity index (χ0) is 30.8. The van der Waals surface area contributed by atoms with Crippen molar-refractivity contribution in [2.24, 2.45) is 7.05 Å². The number of nitrogens with one attached hydrogen (secondary N) is 1. The number of aliphatic hydroxyl groups excluding tert-OH is 2. The normalized spacial score (nSPS) is 14.8. The summed E-state index contributed by atoms with van der Waals surface area (Å²) in [5.41, 5.74) is 1.82. The zero-order valence-electron chi connectivity index (χ0n) is 22.5. The molecule has 212 valence electrons. The Balaban J connectivity index is 0.000000198. The highest BCUT2D eigenvalue weighted by Gasteiger charge is 2.36. The fourth-order valence-electron chi connectivity index (χ4n) is 4.35. The summed E-state index contributed by atoms with van der Waals surface area (Å²) < 4.78 is 1.84. The molecule has 0 spiro atoms. The van der Waals surface area contributed by atoms with Gasteiger partial charge in [-0.1, -0.05) is 18.1 Å². The second-order valence-corrected chi connectivity index (χ2v) is 10.1. The van der Waals surface area contributed by atoms with Crippen LogP contribution in [0.5, 0.6) is 11.5 Å². The number of ketones is 4. The minimum Gasteiger partial charge on any atom is -0.507 e. The summed E-state index contributed by atoms with van der Waals surface area (Å²) >= 11 is 1.81. The number of terminal acetylenes is 1. The van der Waals surface area contributed by atoms with Crippen molar-refractivity contribution >= 4 is 45.7 Å². The number of carbonyl (C=O) groups excluding carboxylic acids is 4. The van der Waals surface area contributed by atoms with E-state index in [2.05, 4.69) is 17.7 Å². The molecule has 2 atom stereocenters. The molecule has 0 bridgehead atoms. The Labute approximate surface area is 249 Å². The number of aliphatic hydroxyl groups is 2. The van der Waals surface area contributed by atoms with Crippen molar-refractivity contribution in [2.75, 3.05) is 7.05 Å². The monoisotopic (exact) mass is 670 g/mol. The average molecular weight is 670 g/mol. The minimum absolute atomic E-state index is 0.0349. The van der Waals surface area contributed by atoms with Crippen molar-refractivity contribution in [1.82, 2.24) is 9.88 Å². The van der Waals surface area contributed by atoms with Crippen LogP contribution >= 0.6 is 22.6 Å². The zero-order valence-corrected chi connectivity index (χ0v) is 24.7. The number of carbonyl (C=O) groups is 4. The third kappa shape index (κ3) is 5.81. The summed E-state index contributed by atoms with van der Waals surface area (Å²) in [7, 11) is 3.23. The largest absolute Gasteiger partial charge is 0.507 e. The van der Waals surface area contributed by atoms with Crippen LogP contribution < -0.4 is 5.32 Å². The summed E-state index contributed by atoms with van der Waals surface area (Å²) in [5.74, 6) is 0.430. The molecule has 41 heavy (non-hydrogen) atoms. The van der Waals surface area contributed by atoms with Gasteiger partial charge in [-0.25, -0.2) is 0 Å². The number of hydrogen-bond donors (Lipinski definition) is 5. The van der Waals surface area contributed by atoms with Crippen molar-refractivity contribution in [1.29, 1.82) is 0 Å². The molecule has 3 aromatic rings. The Morgan fingerprint density at radius 3 is 1.80 bits per heavy atom. The number of aromatic nitrogens is 1. The van der Waals surface area contributed by atoms with Crippen molar-refractivity contribution in [2.45, 2.75) is 26.1 Å². The number of hydrogen-bond acceptors (Lipinski definition) is 9. The first kappa shape index (κ1) is 31.3. The number of phenolic OH excluding ortho intramolecular Hbond substituents is 2. The van der Waals surface area contributed by atoms with E-state index in [0.29, 0.717) is 9.27 Å². The summed E-state index contributed by atoms with van der Waals surface area (Å²) in [5, 5.41) is 40.0. The van der Waals surface area contributed by atoms with Gasteiger partial charge in [0.05, 0.1) is 26.4 Å². The second-order valence-electron chi connectivity index (χ2n) is 9.06. The van der Waals surface area contributed by atoms with Crippen LogP contribution in [0.1, 0.15) is 78.3 Å². The number of rotatable bonds is 2. The Morgan fingerprint density at radius 1 is 0.854 bits per heavy atom. The van der Waals surface area contributed by atoms with E-state index in [1.807, 2.05) is 22.6 Å². The molecule has 1 heterocycles. The number of likely N-dealkylation sites (N-methyl/N-ethyl adjacent to an activating group) is 1. The lowest BCUT2D eigenvalue weighted by Gasteiger charge is -2.18. The molecule has 0 saturated carbocycles. The molecular formula is C30H27IN2O8. The van der Waals surface area contributed by atoms with Gasteiger partial charge in [0.1, 0.15) is 29.0 Å². The lowest BCUT2D eigenvalue weighted by atomic mass is 9.87. The number of nitrogens with zero attached hydrogens (tertiary/aromatic N) is 1. The van der Waals surface area contributed by atoms with Gasteiger partial charge in [-0.2, -0.15) is 0 Å². The minimum atomic E-state index is -0.789. The maximum Gasteiger partial charge on any atom is 0.211 e. The van der Waals surface area contributed by atoms with Gasteiger partial charge < -0.3 is 30.3 Å². The second kappa shape index (κ2) is 12.5. The van der Waals surface area contributed by atoms with Crippen LogP contribution in [0, 0.1) is 12.3 Å². The molecule has 2 aliphatic carbocycles. The van der Waals surface area contributed by atoms with E-state index >= 15 is 0 Å². The number of aromatic hydroxyl groups is 2. The molecule has 0 radical (unpaired) electrons. The van der Waals surface area contributed by atoms with Crippen molar-refractivity contribution in [3.8, 4) is 23.8 Å². The van der Waals surface area contributed by atoms with Crippen LogP contribution in [0.15, 0.2) is 51.7 Å². The first-order valence-corrected chi connectivity index (χ1v) is 13.3. The molecule has 0 amide bonds. The smallest absolute Gasteiger partial charge is 0.211 e. The van der Waals surface area contributed by atoms with E-state index in [4.69, 9.17) is 5.11 Å². The quantitative estimate of drug-likeness (QED) is 0.159. The Bertz CT molecular complexity index is 1660. The van der Waals surface area contributed by atoms with Crippen LogP contribution in [0.3, 0.4) is 0 Å². The molecule has 2 unspecified atom stereocenters. The van der Waals surface area contributed by atoms with Crippen LogP contribution in [-0.4, -0.2) is 61.3 Å². The molecule has 5 rings (SSSR count). The molecule has 11 heteroatoms. The van der Waals surface area contributed by atoms with Crippen molar-refractivity contribution < 1.29 is 39.6 Å². The summed E-state index contributed by atoms with van der Waals surface area (Å²) in [6.07, 6.45) is 3.29. The predicted molar refractivity (Wildman–Crippen MR) is 158 cm³/mol. The molecule has 10 nitrogen and oxygen atoms in total. The third-order valence-corrected chi connectivity index (χ3v) is 7.35. The van der Waals surface area contributed by atoms with Gasteiger partial charge in [0.15, 0.2) is 5.78 Å². The van der Waals surface area contributed by atoms with Gasteiger partial charge in [-0.05, 0) is 66.8 Å². The summed E-state index contributed by atoms with van der Waals surface area (Å²) in [6.45, 7) is 3.11. The molecule has 2 aliphatic rings. The molecule has 0 saturated heterocycles. The maximum absolute atomic E-state index is 12.5. The highest BCUT2D eigenvalue weighted by molar-refractivity contribution is 14.1. The number of phenols is 2. The van der Waals surface area contributed by atoms with E-state index in [-0.39, 0.29) is 68.1 Å². The number of allylic oxidation sites excluding steroid dienone is 2. The first-order valence-electron chi connectivity index (χ1n) is 12.2. The number of Topliss-reactive ketones (excluding diaryl/α,β-unsaturated/α-hetero) is 2. The summed E-state index contributed by atoms with van der Waals surface area (Å²) in [6, 6.07) is 10.4. The predicted octanol–water partition coefficient (Wildman–Crippen LogP) is 3.20. The van der Waals surface area contributed by atoms with Gasteiger partial charge >= 0.3 is 0 Å². The van der Waals surface area contributed by atoms with Crippen LogP contribution in [0.4, 0.5) is 0 Å². The van der Waals surface area contributed by atoms with Gasteiger partial charge in [-0.3, -0.25) is 19.2 Å². The Hall–Kier alpha value is -4.25. The highest BCUT2D eigenvalue weighted by Crippen LogP contribution is 2.35. The molecular weight excluding hydrogens is 643 g/mol.